The van der Waals surface area contributed by atoms with Crippen LogP contribution in [0.2, 0.25) is 0 Å². The van der Waals surface area contributed by atoms with Crippen LogP contribution in [0.5, 0.6) is 0 Å². The van der Waals surface area contributed by atoms with Crippen molar-refractivity contribution in [2.24, 2.45) is 5.41 Å². The number of carbonyl (C=O) groups is 1. The number of hydrogen-bond donors (Lipinski definition) is 0. The summed E-state index contributed by atoms with van der Waals surface area (Å²) in [7, 11) is 0. The van der Waals surface area contributed by atoms with Crippen LogP contribution in [0.3, 0.4) is 0 Å². The largest absolute Gasteiger partial charge is 0.292 e. The summed E-state index contributed by atoms with van der Waals surface area (Å²) in [5.41, 5.74) is 0.152. The molecule has 0 fully saturated rings. The number of Topliss-reactive ketones (excluding diaryl/α,β-unsaturated/α-hetero) is 1. The van der Waals surface area contributed by atoms with Crippen LogP contribution in [0.1, 0.15) is 31.1 Å². The van der Waals surface area contributed by atoms with Crippen LogP contribution in [0.4, 0.5) is 4.39 Å². The van der Waals surface area contributed by atoms with E-state index in [4.69, 9.17) is 11.6 Å². The molecule has 15 heavy (non-hydrogen) atoms. The fourth-order valence-corrected chi connectivity index (χ4v) is 1.28. The molecule has 0 heterocycles. The molecule has 0 aliphatic heterocycles. The van der Waals surface area contributed by atoms with Gasteiger partial charge in [0.2, 0.25) is 0 Å². The molecule has 1 rings (SSSR count). The van der Waals surface area contributed by atoms with Crippen LogP contribution in [-0.2, 0) is 0 Å². The summed E-state index contributed by atoms with van der Waals surface area (Å²) in [5, 5.41) is -0.594. The Kier molecular flexibility index (Phi) is 3.50. The highest BCUT2D eigenvalue weighted by atomic mass is 35.5. The summed E-state index contributed by atoms with van der Waals surface area (Å²) in [6, 6.07) is 5.44. The van der Waals surface area contributed by atoms with Gasteiger partial charge in [-0.15, -0.1) is 11.6 Å². The molecule has 0 saturated heterocycles. The van der Waals surface area contributed by atoms with Gasteiger partial charge in [0.05, 0.1) is 0 Å². The maximum Gasteiger partial charge on any atom is 0.181 e. The molecule has 3 heteroatoms. The highest BCUT2D eigenvalue weighted by Crippen LogP contribution is 2.27. The number of ketones is 1. The average Bonchev–Trinajstić information content (AvgIpc) is 2.15. The third-order valence-electron chi connectivity index (χ3n) is 2.12. The Morgan fingerprint density at radius 3 is 2.13 bits per heavy atom. The highest BCUT2D eigenvalue weighted by Gasteiger charge is 2.29. The van der Waals surface area contributed by atoms with Crippen LogP contribution < -0.4 is 0 Å². The van der Waals surface area contributed by atoms with Gasteiger partial charge < -0.3 is 0 Å². The van der Waals surface area contributed by atoms with Crippen LogP contribution in [0, 0.1) is 11.2 Å². The van der Waals surface area contributed by atoms with E-state index < -0.39 is 5.38 Å². The second-order valence-electron chi connectivity index (χ2n) is 4.60. The fourth-order valence-electron chi connectivity index (χ4n) is 1.15. The molecule has 0 bridgehead atoms. The van der Waals surface area contributed by atoms with Crippen LogP contribution in [0.25, 0.3) is 0 Å². The molecule has 1 atom stereocenters. The number of halogens is 2. The summed E-state index contributed by atoms with van der Waals surface area (Å²) in [6.45, 7) is 5.68. The summed E-state index contributed by atoms with van der Waals surface area (Å²) in [4.78, 5) is 11.8. The predicted molar refractivity (Wildman–Crippen MR) is 59.8 cm³/mol. The first-order chi connectivity index (χ1) is 6.82. The molecular weight excluding hydrogens is 215 g/mol. The predicted octanol–water partition coefficient (Wildman–Crippen LogP) is 3.66. The molecule has 1 unspecified atom stereocenters. The summed E-state index contributed by atoms with van der Waals surface area (Å²) < 4.78 is 12.6. The summed E-state index contributed by atoms with van der Waals surface area (Å²) >= 11 is 6.04. The lowest BCUT2D eigenvalue weighted by Gasteiger charge is -2.23. The van der Waals surface area contributed by atoms with Gasteiger partial charge in [0.25, 0.3) is 0 Å². The van der Waals surface area contributed by atoms with E-state index >= 15 is 0 Å². The SMILES string of the molecule is CC(C)(C)C(Cl)C(=O)c1ccc(F)cc1. The highest BCUT2D eigenvalue weighted by molar-refractivity contribution is 6.34. The minimum atomic E-state index is -0.594. The smallest absolute Gasteiger partial charge is 0.181 e. The normalized spacial score (nSPS) is 13.7. The van der Waals surface area contributed by atoms with E-state index in [1.165, 1.54) is 24.3 Å². The number of alkyl halides is 1. The minimum absolute atomic E-state index is 0.163. The second-order valence-corrected chi connectivity index (χ2v) is 5.04. The van der Waals surface area contributed by atoms with Crippen molar-refractivity contribution in [3.8, 4) is 0 Å². The molecular formula is C12H14ClFO. The van der Waals surface area contributed by atoms with E-state index in [0.717, 1.165) is 0 Å². The summed E-state index contributed by atoms with van der Waals surface area (Å²) in [6.07, 6.45) is 0. The van der Waals surface area contributed by atoms with Crippen LogP contribution >= 0.6 is 11.6 Å². The minimum Gasteiger partial charge on any atom is -0.292 e. The molecule has 1 nitrogen and oxygen atoms in total. The van der Waals surface area contributed by atoms with E-state index in [1.807, 2.05) is 20.8 Å². The Labute approximate surface area is 94.3 Å². The van der Waals surface area contributed by atoms with Crippen molar-refractivity contribution in [2.45, 2.75) is 26.1 Å². The van der Waals surface area contributed by atoms with Crippen molar-refractivity contribution in [1.82, 2.24) is 0 Å². The molecule has 0 N–H and O–H groups in total. The molecule has 1 aromatic rings. The third kappa shape index (κ3) is 3.03. The molecule has 0 aliphatic carbocycles. The van der Waals surface area contributed by atoms with Crippen molar-refractivity contribution in [2.75, 3.05) is 0 Å². The Bertz CT molecular complexity index is 351. The van der Waals surface area contributed by atoms with Gasteiger partial charge in [-0.2, -0.15) is 0 Å². The molecule has 0 spiro atoms. The van der Waals surface area contributed by atoms with Gasteiger partial charge in [0.1, 0.15) is 11.2 Å². The number of carbonyl (C=O) groups excluding carboxylic acids is 1. The lowest BCUT2D eigenvalue weighted by atomic mass is 9.87. The van der Waals surface area contributed by atoms with E-state index in [9.17, 15) is 9.18 Å². The standard InChI is InChI=1S/C12H14ClFO/c1-12(2,3)11(13)10(15)8-4-6-9(14)7-5-8/h4-7,11H,1-3H3. The van der Waals surface area contributed by atoms with Crippen LogP contribution in [-0.4, -0.2) is 11.2 Å². The van der Waals surface area contributed by atoms with Gasteiger partial charge >= 0.3 is 0 Å². The zero-order valence-electron chi connectivity index (χ0n) is 9.05. The number of hydrogen-bond acceptors (Lipinski definition) is 1. The van der Waals surface area contributed by atoms with Gasteiger partial charge in [-0.05, 0) is 29.7 Å². The lowest BCUT2D eigenvalue weighted by molar-refractivity contribution is 0.0946. The Morgan fingerprint density at radius 1 is 1.27 bits per heavy atom. The monoisotopic (exact) mass is 228 g/mol. The van der Waals surface area contributed by atoms with Crippen molar-refractivity contribution < 1.29 is 9.18 Å². The zero-order chi connectivity index (χ0) is 11.6. The molecule has 0 saturated carbocycles. The third-order valence-corrected chi connectivity index (χ3v) is 2.97. The summed E-state index contributed by atoms with van der Waals surface area (Å²) in [5.74, 6) is -0.516. The molecule has 82 valence electrons. The molecule has 0 aliphatic rings. The first kappa shape index (κ1) is 12.2. The van der Waals surface area contributed by atoms with E-state index in [-0.39, 0.29) is 17.0 Å². The van der Waals surface area contributed by atoms with Crippen molar-refractivity contribution in [3.63, 3.8) is 0 Å². The van der Waals surface area contributed by atoms with Gasteiger partial charge in [0.15, 0.2) is 5.78 Å². The molecule has 0 aromatic heterocycles. The van der Waals surface area contributed by atoms with Crippen molar-refractivity contribution in [1.29, 1.82) is 0 Å². The van der Waals surface area contributed by atoms with Crippen LogP contribution in [0.15, 0.2) is 24.3 Å². The van der Waals surface area contributed by atoms with E-state index in [2.05, 4.69) is 0 Å². The van der Waals surface area contributed by atoms with Gasteiger partial charge in [0, 0.05) is 5.56 Å². The maximum atomic E-state index is 12.6. The maximum absolute atomic E-state index is 12.6. The Morgan fingerprint density at radius 2 is 1.73 bits per heavy atom. The van der Waals surface area contributed by atoms with Gasteiger partial charge in [-0.1, -0.05) is 20.8 Å². The van der Waals surface area contributed by atoms with Crippen molar-refractivity contribution >= 4 is 17.4 Å². The van der Waals surface area contributed by atoms with Gasteiger partial charge in [-0.25, -0.2) is 4.39 Å². The van der Waals surface area contributed by atoms with Gasteiger partial charge in [-0.3, -0.25) is 4.79 Å². The topological polar surface area (TPSA) is 17.1 Å². The number of rotatable bonds is 2. The average molecular weight is 229 g/mol. The lowest BCUT2D eigenvalue weighted by Crippen LogP contribution is -2.29. The quantitative estimate of drug-likeness (QED) is 0.558. The first-order valence-corrected chi connectivity index (χ1v) is 5.20. The zero-order valence-corrected chi connectivity index (χ0v) is 9.81. The molecule has 1 aromatic carbocycles. The number of benzene rings is 1. The van der Waals surface area contributed by atoms with E-state index in [0.29, 0.717) is 5.56 Å². The Balaban J connectivity index is 2.90. The van der Waals surface area contributed by atoms with E-state index in [1.54, 1.807) is 0 Å². The molecule has 0 amide bonds. The Hall–Kier alpha value is -0.890. The fraction of sp³-hybridized carbons (Fsp3) is 0.417. The first-order valence-electron chi connectivity index (χ1n) is 4.76. The van der Waals surface area contributed by atoms with Crippen molar-refractivity contribution in [3.05, 3.63) is 35.6 Å². The molecule has 0 radical (unpaired) electrons. The second kappa shape index (κ2) is 4.31.